The number of amides is 1. The van der Waals surface area contributed by atoms with Crippen molar-refractivity contribution in [2.45, 2.75) is 19.8 Å². The Kier molecular flexibility index (Phi) is 3.56. The first-order valence-corrected chi connectivity index (χ1v) is 5.68. The molecule has 5 heteroatoms. The van der Waals surface area contributed by atoms with Crippen LogP contribution in [-0.4, -0.2) is 30.7 Å². The molecule has 0 aromatic carbocycles. The molecule has 1 saturated heterocycles. The first-order valence-electron chi connectivity index (χ1n) is 5.68. The Balaban J connectivity index is 1.71. The summed E-state index contributed by atoms with van der Waals surface area (Å²) in [5.74, 6) is 1.20. The summed E-state index contributed by atoms with van der Waals surface area (Å²) in [6.07, 6.45) is 2.23. The summed E-state index contributed by atoms with van der Waals surface area (Å²) in [6, 6.07) is 1.65. The van der Waals surface area contributed by atoms with E-state index in [4.69, 9.17) is 4.52 Å². The van der Waals surface area contributed by atoms with E-state index in [2.05, 4.69) is 15.8 Å². The minimum Gasteiger partial charge on any atom is -0.361 e. The Morgan fingerprint density at radius 1 is 1.75 bits per heavy atom. The maximum atomic E-state index is 11.6. The quantitative estimate of drug-likeness (QED) is 0.789. The van der Waals surface area contributed by atoms with Crippen molar-refractivity contribution in [3.05, 3.63) is 17.5 Å². The molecule has 0 bridgehead atoms. The zero-order chi connectivity index (χ0) is 11.4. The summed E-state index contributed by atoms with van der Waals surface area (Å²) in [7, 11) is 0. The van der Waals surface area contributed by atoms with Crippen LogP contribution in [0.3, 0.4) is 0 Å². The molecule has 1 aromatic heterocycles. The Morgan fingerprint density at radius 2 is 2.62 bits per heavy atom. The molecule has 2 rings (SSSR count). The van der Waals surface area contributed by atoms with Crippen molar-refractivity contribution in [1.82, 2.24) is 15.8 Å². The van der Waals surface area contributed by atoms with Gasteiger partial charge in [-0.1, -0.05) is 5.16 Å². The average Bonchev–Trinajstić information content (AvgIpc) is 2.89. The van der Waals surface area contributed by atoms with Gasteiger partial charge < -0.3 is 15.2 Å². The maximum Gasteiger partial charge on any atom is 0.273 e. The van der Waals surface area contributed by atoms with E-state index < -0.39 is 0 Å². The SMILES string of the molecule is Cc1cc(C(=O)NCCC2CCNC2)no1. The normalized spacial score (nSPS) is 19.9. The van der Waals surface area contributed by atoms with Crippen molar-refractivity contribution < 1.29 is 9.32 Å². The predicted octanol–water partition coefficient (Wildman–Crippen LogP) is 0.712. The number of aromatic nitrogens is 1. The summed E-state index contributed by atoms with van der Waals surface area (Å²) < 4.78 is 4.84. The lowest BCUT2D eigenvalue weighted by Gasteiger charge is -2.07. The van der Waals surface area contributed by atoms with E-state index in [0.29, 0.717) is 23.9 Å². The molecular weight excluding hydrogens is 206 g/mol. The van der Waals surface area contributed by atoms with E-state index in [1.165, 1.54) is 6.42 Å². The van der Waals surface area contributed by atoms with Crippen molar-refractivity contribution in [2.75, 3.05) is 19.6 Å². The molecule has 0 aliphatic carbocycles. The number of aryl methyl sites for hydroxylation is 1. The summed E-state index contributed by atoms with van der Waals surface area (Å²) in [5.41, 5.74) is 0.363. The molecular formula is C11H17N3O2. The van der Waals surface area contributed by atoms with Gasteiger partial charge in [0.25, 0.3) is 5.91 Å². The van der Waals surface area contributed by atoms with Crippen LogP contribution in [0.25, 0.3) is 0 Å². The van der Waals surface area contributed by atoms with Crippen molar-refractivity contribution in [2.24, 2.45) is 5.92 Å². The largest absolute Gasteiger partial charge is 0.361 e. The lowest BCUT2D eigenvalue weighted by atomic mass is 10.1. The lowest BCUT2D eigenvalue weighted by molar-refractivity contribution is 0.0942. The standard InChI is InChI=1S/C11H17N3O2/c1-8-6-10(14-16-8)11(15)13-5-3-9-2-4-12-7-9/h6,9,12H,2-5,7H2,1H3,(H,13,15). The minimum atomic E-state index is -0.150. The fourth-order valence-electron chi connectivity index (χ4n) is 1.91. The van der Waals surface area contributed by atoms with E-state index in [9.17, 15) is 4.79 Å². The lowest BCUT2D eigenvalue weighted by Crippen LogP contribution is -2.26. The molecule has 5 nitrogen and oxygen atoms in total. The second-order valence-electron chi connectivity index (χ2n) is 4.23. The highest BCUT2D eigenvalue weighted by Gasteiger charge is 2.15. The average molecular weight is 223 g/mol. The summed E-state index contributed by atoms with van der Waals surface area (Å²) in [4.78, 5) is 11.6. The van der Waals surface area contributed by atoms with Gasteiger partial charge in [0, 0.05) is 12.6 Å². The number of nitrogens with one attached hydrogen (secondary N) is 2. The molecule has 2 N–H and O–H groups in total. The van der Waals surface area contributed by atoms with E-state index in [1.54, 1.807) is 13.0 Å². The van der Waals surface area contributed by atoms with Crippen LogP contribution in [-0.2, 0) is 0 Å². The third-order valence-electron chi connectivity index (χ3n) is 2.86. The van der Waals surface area contributed by atoms with Crippen LogP contribution in [0.2, 0.25) is 0 Å². The molecule has 0 spiro atoms. The first kappa shape index (κ1) is 11.1. The summed E-state index contributed by atoms with van der Waals surface area (Å²) >= 11 is 0. The van der Waals surface area contributed by atoms with Crippen LogP contribution >= 0.6 is 0 Å². The van der Waals surface area contributed by atoms with Gasteiger partial charge in [-0.15, -0.1) is 0 Å². The second-order valence-corrected chi connectivity index (χ2v) is 4.23. The molecule has 1 aromatic rings. The molecule has 1 aliphatic heterocycles. The molecule has 1 amide bonds. The van der Waals surface area contributed by atoms with E-state index in [1.807, 2.05) is 0 Å². The minimum absolute atomic E-state index is 0.150. The number of hydrogen-bond donors (Lipinski definition) is 2. The zero-order valence-corrected chi connectivity index (χ0v) is 9.45. The molecule has 16 heavy (non-hydrogen) atoms. The zero-order valence-electron chi connectivity index (χ0n) is 9.45. The van der Waals surface area contributed by atoms with Crippen LogP contribution < -0.4 is 10.6 Å². The Morgan fingerprint density at radius 3 is 3.25 bits per heavy atom. The molecule has 88 valence electrons. The first-order chi connectivity index (χ1) is 7.75. The molecule has 0 saturated carbocycles. The van der Waals surface area contributed by atoms with Gasteiger partial charge in [0.05, 0.1) is 0 Å². The van der Waals surface area contributed by atoms with Gasteiger partial charge in [-0.3, -0.25) is 4.79 Å². The van der Waals surface area contributed by atoms with Gasteiger partial charge in [-0.05, 0) is 38.8 Å². The smallest absolute Gasteiger partial charge is 0.273 e. The van der Waals surface area contributed by atoms with Crippen LogP contribution in [0.5, 0.6) is 0 Å². The Bertz CT molecular complexity index is 356. The van der Waals surface area contributed by atoms with Crippen LogP contribution in [0.1, 0.15) is 29.1 Å². The van der Waals surface area contributed by atoms with Gasteiger partial charge in [-0.25, -0.2) is 0 Å². The molecule has 2 heterocycles. The summed E-state index contributed by atoms with van der Waals surface area (Å²) in [6.45, 7) is 4.64. The molecule has 1 atom stereocenters. The highest BCUT2D eigenvalue weighted by Crippen LogP contribution is 2.10. The highest BCUT2D eigenvalue weighted by atomic mass is 16.5. The summed E-state index contributed by atoms with van der Waals surface area (Å²) in [5, 5.41) is 9.82. The van der Waals surface area contributed by atoms with Crippen LogP contribution in [0.15, 0.2) is 10.6 Å². The monoisotopic (exact) mass is 223 g/mol. The Labute approximate surface area is 94.6 Å². The molecule has 0 radical (unpaired) electrons. The third-order valence-corrected chi connectivity index (χ3v) is 2.86. The fraction of sp³-hybridized carbons (Fsp3) is 0.636. The van der Waals surface area contributed by atoms with Gasteiger partial charge >= 0.3 is 0 Å². The van der Waals surface area contributed by atoms with Gasteiger partial charge in [0.15, 0.2) is 5.69 Å². The van der Waals surface area contributed by atoms with Crippen molar-refractivity contribution in [3.8, 4) is 0 Å². The molecule has 1 fully saturated rings. The van der Waals surface area contributed by atoms with Crippen molar-refractivity contribution in [1.29, 1.82) is 0 Å². The number of carbonyl (C=O) groups is 1. The Hall–Kier alpha value is -1.36. The number of hydrogen-bond acceptors (Lipinski definition) is 4. The molecule has 1 aliphatic rings. The van der Waals surface area contributed by atoms with Crippen LogP contribution in [0, 0.1) is 12.8 Å². The second kappa shape index (κ2) is 5.12. The van der Waals surface area contributed by atoms with Crippen LogP contribution in [0.4, 0.5) is 0 Å². The van der Waals surface area contributed by atoms with E-state index >= 15 is 0 Å². The van der Waals surface area contributed by atoms with Crippen molar-refractivity contribution >= 4 is 5.91 Å². The number of carbonyl (C=O) groups excluding carboxylic acids is 1. The third kappa shape index (κ3) is 2.82. The number of rotatable bonds is 4. The van der Waals surface area contributed by atoms with Gasteiger partial charge in [-0.2, -0.15) is 0 Å². The van der Waals surface area contributed by atoms with E-state index in [0.717, 1.165) is 19.5 Å². The van der Waals surface area contributed by atoms with Gasteiger partial charge in [0.2, 0.25) is 0 Å². The fourth-order valence-corrected chi connectivity index (χ4v) is 1.91. The number of nitrogens with zero attached hydrogens (tertiary/aromatic N) is 1. The predicted molar refractivity (Wildman–Crippen MR) is 59.2 cm³/mol. The van der Waals surface area contributed by atoms with Gasteiger partial charge in [0.1, 0.15) is 5.76 Å². The topological polar surface area (TPSA) is 67.2 Å². The van der Waals surface area contributed by atoms with Crippen molar-refractivity contribution in [3.63, 3.8) is 0 Å². The highest BCUT2D eigenvalue weighted by molar-refractivity contribution is 5.92. The maximum absolute atomic E-state index is 11.6. The van der Waals surface area contributed by atoms with E-state index in [-0.39, 0.29) is 5.91 Å². The molecule has 1 unspecified atom stereocenters.